The fourth-order valence-electron chi connectivity index (χ4n) is 1.77. The van der Waals surface area contributed by atoms with Crippen LogP contribution in [0.5, 0.6) is 0 Å². The van der Waals surface area contributed by atoms with Crippen LogP contribution in [0, 0.1) is 0 Å². The van der Waals surface area contributed by atoms with Crippen molar-refractivity contribution in [3.63, 3.8) is 0 Å². The topological polar surface area (TPSA) is 34.1 Å². The molecule has 0 unspecified atom stereocenters. The van der Waals surface area contributed by atoms with Gasteiger partial charge in [-0.25, -0.2) is 8.42 Å². The van der Waals surface area contributed by atoms with Crippen molar-refractivity contribution < 1.29 is 8.42 Å². The van der Waals surface area contributed by atoms with Gasteiger partial charge in [-0.2, -0.15) is 0 Å². The van der Waals surface area contributed by atoms with Gasteiger partial charge in [0.1, 0.15) is 0 Å². The molecule has 0 saturated heterocycles. The molecule has 1 aromatic rings. The van der Waals surface area contributed by atoms with Crippen LogP contribution in [0.15, 0.2) is 29.2 Å². The van der Waals surface area contributed by atoms with E-state index >= 15 is 0 Å². The highest BCUT2D eigenvalue weighted by Crippen LogP contribution is 2.32. The zero-order valence-corrected chi connectivity index (χ0v) is 8.34. The molecule has 1 atom stereocenters. The Morgan fingerprint density at radius 3 is 2.69 bits per heavy atom. The van der Waals surface area contributed by atoms with E-state index in [4.69, 9.17) is 0 Å². The number of hydrogen-bond donors (Lipinski definition) is 0. The average molecular weight is 196 g/mol. The molecule has 0 N–H and O–H groups in total. The predicted molar refractivity (Wildman–Crippen MR) is 51.5 cm³/mol. The summed E-state index contributed by atoms with van der Waals surface area (Å²) < 4.78 is 23.2. The molecular formula is C10H12O2S. The third kappa shape index (κ3) is 1.37. The first-order chi connectivity index (χ1) is 6.11. The minimum absolute atomic E-state index is 0.297. The Morgan fingerprint density at radius 1 is 1.31 bits per heavy atom. The van der Waals surface area contributed by atoms with E-state index in [-0.39, 0.29) is 0 Å². The maximum atomic E-state index is 11.6. The molecule has 1 aliphatic rings. The van der Waals surface area contributed by atoms with Gasteiger partial charge in [0.25, 0.3) is 0 Å². The van der Waals surface area contributed by atoms with Crippen molar-refractivity contribution in [2.24, 2.45) is 0 Å². The molecule has 0 fully saturated rings. The second-order valence-corrected chi connectivity index (χ2v) is 5.62. The first kappa shape index (κ1) is 8.75. The van der Waals surface area contributed by atoms with E-state index in [1.54, 1.807) is 12.1 Å². The molecule has 0 spiro atoms. The second-order valence-electron chi connectivity index (χ2n) is 3.55. The lowest BCUT2D eigenvalue weighted by molar-refractivity contribution is 0.574. The highest BCUT2D eigenvalue weighted by atomic mass is 32.2. The summed E-state index contributed by atoms with van der Waals surface area (Å²) >= 11 is 0. The molecule has 0 amide bonds. The van der Waals surface area contributed by atoms with E-state index in [9.17, 15) is 8.42 Å². The molecule has 1 aromatic carbocycles. The van der Waals surface area contributed by atoms with Crippen molar-refractivity contribution >= 4 is 9.84 Å². The van der Waals surface area contributed by atoms with Crippen molar-refractivity contribution in [3.05, 3.63) is 29.8 Å². The van der Waals surface area contributed by atoms with Gasteiger partial charge in [0.15, 0.2) is 9.84 Å². The Labute approximate surface area is 78.5 Å². The van der Waals surface area contributed by atoms with Gasteiger partial charge in [-0.15, -0.1) is 0 Å². The van der Waals surface area contributed by atoms with Crippen molar-refractivity contribution in [2.45, 2.75) is 24.2 Å². The van der Waals surface area contributed by atoms with Gasteiger partial charge in [0, 0.05) is 0 Å². The lowest BCUT2D eigenvalue weighted by Gasteiger charge is -2.21. The number of rotatable bonds is 0. The summed E-state index contributed by atoms with van der Waals surface area (Å²) in [6.07, 6.45) is 0.749. The number of benzene rings is 1. The van der Waals surface area contributed by atoms with Gasteiger partial charge >= 0.3 is 0 Å². The lowest BCUT2D eigenvalue weighted by Crippen LogP contribution is -2.18. The maximum absolute atomic E-state index is 11.6. The second kappa shape index (κ2) is 2.84. The first-order valence-electron chi connectivity index (χ1n) is 4.43. The van der Waals surface area contributed by atoms with Crippen LogP contribution in [0.4, 0.5) is 0 Å². The van der Waals surface area contributed by atoms with Crippen LogP contribution in [-0.4, -0.2) is 14.2 Å². The fourth-order valence-corrected chi connectivity index (χ4v) is 3.57. The molecule has 13 heavy (non-hydrogen) atoms. The van der Waals surface area contributed by atoms with Crippen molar-refractivity contribution in [2.75, 3.05) is 5.75 Å². The highest BCUT2D eigenvalue weighted by Gasteiger charge is 2.26. The van der Waals surface area contributed by atoms with E-state index in [1.165, 1.54) is 0 Å². The molecule has 2 nitrogen and oxygen atoms in total. The maximum Gasteiger partial charge on any atom is 0.178 e. The van der Waals surface area contributed by atoms with E-state index < -0.39 is 9.84 Å². The summed E-state index contributed by atoms with van der Waals surface area (Å²) in [5, 5.41) is 0. The van der Waals surface area contributed by atoms with Crippen LogP contribution in [0.1, 0.15) is 24.8 Å². The van der Waals surface area contributed by atoms with E-state index in [2.05, 4.69) is 6.92 Å². The van der Waals surface area contributed by atoms with Crippen LogP contribution in [0.25, 0.3) is 0 Å². The number of hydrogen-bond acceptors (Lipinski definition) is 2. The first-order valence-corrected chi connectivity index (χ1v) is 6.08. The molecule has 0 saturated carbocycles. The third-order valence-electron chi connectivity index (χ3n) is 2.60. The van der Waals surface area contributed by atoms with Gasteiger partial charge in [-0.1, -0.05) is 25.1 Å². The largest absolute Gasteiger partial charge is 0.224 e. The summed E-state index contributed by atoms with van der Waals surface area (Å²) in [6, 6.07) is 7.31. The molecule has 1 aliphatic heterocycles. The molecule has 2 rings (SSSR count). The molecule has 0 radical (unpaired) electrons. The monoisotopic (exact) mass is 196 g/mol. The molecule has 0 aromatic heterocycles. The summed E-state index contributed by atoms with van der Waals surface area (Å²) in [5.74, 6) is 0.672. The lowest BCUT2D eigenvalue weighted by atomic mass is 9.98. The molecule has 0 aliphatic carbocycles. The molecule has 0 bridgehead atoms. The zero-order valence-electron chi connectivity index (χ0n) is 7.53. The molecule has 70 valence electrons. The SMILES string of the molecule is C[C@@H]1CCS(=O)(=O)c2ccccc21. The zero-order chi connectivity index (χ0) is 9.47. The van der Waals surface area contributed by atoms with Crippen LogP contribution < -0.4 is 0 Å². The van der Waals surface area contributed by atoms with E-state index in [0.29, 0.717) is 16.6 Å². The van der Waals surface area contributed by atoms with Gasteiger partial charge in [-0.05, 0) is 24.0 Å². The van der Waals surface area contributed by atoms with Crippen LogP contribution in [0.3, 0.4) is 0 Å². The van der Waals surface area contributed by atoms with Crippen LogP contribution in [0.2, 0.25) is 0 Å². The molecule has 3 heteroatoms. The Kier molecular flexibility index (Phi) is 1.91. The Bertz CT molecular complexity index is 420. The normalized spacial score (nSPS) is 25.2. The Morgan fingerprint density at radius 2 is 2.00 bits per heavy atom. The summed E-state index contributed by atoms with van der Waals surface area (Å²) in [7, 11) is -2.97. The number of fused-ring (bicyclic) bond motifs is 1. The van der Waals surface area contributed by atoms with Crippen molar-refractivity contribution in [3.8, 4) is 0 Å². The molecular weight excluding hydrogens is 184 g/mol. The quantitative estimate of drug-likeness (QED) is 0.635. The van der Waals surface area contributed by atoms with Gasteiger partial charge < -0.3 is 0 Å². The average Bonchev–Trinajstić information content (AvgIpc) is 2.13. The van der Waals surface area contributed by atoms with Crippen LogP contribution in [-0.2, 0) is 9.84 Å². The van der Waals surface area contributed by atoms with E-state index in [1.807, 2.05) is 12.1 Å². The molecule has 1 heterocycles. The van der Waals surface area contributed by atoms with Crippen LogP contribution >= 0.6 is 0 Å². The summed E-state index contributed by atoms with van der Waals surface area (Å²) in [5.41, 5.74) is 0.980. The minimum Gasteiger partial charge on any atom is -0.224 e. The fraction of sp³-hybridized carbons (Fsp3) is 0.400. The smallest absolute Gasteiger partial charge is 0.178 e. The third-order valence-corrected chi connectivity index (χ3v) is 4.42. The standard InChI is InChI=1S/C10H12O2S/c1-8-6-7-13(11,12)10-5-3-2-4-9(8)10/h2-5,8H,6-7H2,1H3/t8-/m1/s1. The summed E-state index contributed by atoms with van der Waals surface area (Å²) in [6.45, 7) is 2.08. The summed E-state index contributed by atoms with van der Waals surface area (Å²) in [4.78, 5) is 0.536. The van der Waals surface area contributed by atoms with Gasteiger partial charge in [-0.3, -0.25) is 0 Å². The van der Waals surface area contributed by atoms with Gasteiger partial charge in [0.2, 0.25) is 0 Å². The van der Waals surface area contributed by atoms with Gasteiger partial charge in [0.05, 0.1) is 10.6 Å². The highest BCUT2D eigenvalue weighted by molar-refractivity contribution is 7.91. The van der Waals surface area contributed by atoms with Crippen molar-refractivity contribution in [1.29, 1.82) is 0 Å². The Hall–Kier alpha value is -0.830. The van der Waals surface area contributed by atoms with Crippen molar-refractivity contribution in [1.82, 2.24) is 0 Å². The van der Waals surface area contributed by atoms with E-state index in [0.717, 1.165) is 12.0 Å². The number of sulfone groups is 1. The minimum atomic E-state index is -2.97. The predicted octanol–water partition coefficient (Wildman–Crippen LogP) is 1.97. The Balaban J connectivity index is 2.68.